The molecule has 1 N–H and O–H groups in total. The maximum Gasteiger partial charge on any atom is 0.157 e. The molecule has 0 bridgehead atoms. The van der Waals surface area contributed by atoms with Crippen LogP contribution in [0.3, 0.4) is 0 Å². The summed E-state index contributed by atoms with van der Waals surface area (Å²) in [5.74, 6) is 0.517. The van der Waals surface area contributed by atoms with E-state index in [2.05, 4.69) is 66.5 Å². The maximum atomic E-state index is 4.59. The highest BCUT2D eigenvalue weighted by Crippen LogP contribution is 2.24. The smallest absolute Gasteiger partial charge is 0.157 e. The number of nitrogens with one attached hydrogen (secondary N) is 1. The molecule has 0 spiro atoms. The largest absolute Gasteiger partial charge is 0.306 e. The van der Waals surface area contributed by atoms with Gasteiger partial charge in [-0.2, -0.15) is 5.10 Å². The molecule has 138 valence electrons. The van der Waals surface area contributed by atoms with Crippen LogP contribution < -0.4 is 5.32 Å². The lowest BCUT2D eigenvalue weighted by molar-refractivity contribution is 0.410. The molecule has 3 rings (SSSR count). The second-order valence-corrected chi connectivity index (χ2v) is 7.52. The van der Waals surface area contributed by atoms with Gasteiger partial charge in [0.25, 0.3) is 0 Å². The normalized spacial score (nSPS) is 12.8. The summed E-state index contributed by atoms with van der Waals surface area (Å²) in [6, 6.07) is 11.6. The summed E-state index contributed by atoms with van der Waals surface area (Å²) < 4.78 is 1.84. The van der Waals surface area contributed by atoms with E-state index in [1.54, 1.807) is 0 Å². The molecule has 0 saturated heterocycles. The fraction of sp³-hybridized carbons (Fsp3) is 0.455. The Labute approximate surface area is 156 Å². The number of hydrogen-bond donors (Lipinski definition) is 1. The van der Waals surface area contributed by atoms with Crippen molar-refractivity contribution in [3.8, 4) is 0 Å². The predicted octanol–water partition coefficient (Wildman–Crippen LogP) is 4.72. The van der Waals surface area contributed by atoms with Gasteiger partial charge in [0.1, 0.15) is 0 Å². The highest BCUT2D eigenvalue weighted by molar-refractivity contribution is 5.78. The number of pyridine rings is 1. The zero-order valence-electron chi connectivity index (χ0n) is 16.6. The Hall–Kier alpha value is -2.20. The van der Waals surface area contributed by atoms with E-state index in [1.165, 1.54) is 23.1 Å². The minimum Gasteiger partial charge on any atom is -0.306 e. The van der Waals surface area contributed by atoms with Crippen LogP contribution in [0.1, 0.15) is 55.6 Å². The first kappa shape index (κ1) is 18.6. The van der Waals surface area contributed by atoms with Gasteiger partial charge in [0, 0.05) is 31.2 Å². The lowest BCUT2D eigenvalue weighted by atomic mass is 9.94. The SMILES string of the molecule is CCCc1ccc(C(NCc2cnc3c(c2)c(C)nn3C)C(C)C)cc1. The summed E-state index contributed by atoms with van der Waals surface area (Å²) in [7, 11) is 1.94. The first-order chi connectivity index (χ1) is 12.5. The number of benzene rings is 1. The summed E-state index contributed by atoms with van der Waals surface area (Å²) in [6.45, 7) is 9.60. The highest BCUT2D eigenvalue weighted by Gasteiger charge is 2.16. The third-order valence-electron chi connectivity index (χ3n) is 4.99. The van der Waals surface area contributed by atoms with Gasteiger partial charge in [-0.15, -0.1) is 0 Å². The van der Waals surface area contributed by atoms with Crippen molar-refractivity contribution >= 4 is 11.0 Å². The number of nitrogens with zero attached hydrogens (tertiary/aromatic N) is 3. The molecule has 0 aliphatic carbocycles. The average Bonchev–Trinajstić information content (AvgIpc) is 2.90. The molecule has 4 heteroatoms. The fourth-order valence-corrected chi connectivity index (χ4v) is 3.59. The van der Waals surface area contributed by atoms with E-state index >= 15 is 0 Å². The Bertz CT molecular complexity index is 862. The molecule has 1 aromatic carbocycles. The van der Waals surface area contributed by atoms with Crippen LogP contribution in [0.5, 0.6) is 0 Å². The molecule has 0 fully saturated rings. The van der Waals surface area contributed by atoms with Crippen LogP contribution in [0.4, 0.5) is 0 Å². The summed E-state index contributed by atoms with van der Waals surface area (Å²) in [5.41, 5.74) is 5.94. The van der Waals surface area contributed by atoms with E-state index in [0.717, 1.165) is 29.7 Å². The molecule has 0 aliphatic rings. The quantitative estimate of drug-likeness (QED) is 0.671. The summed E-state index contributed by atoms with van der Waals surface area (Å²) >= 11 is 0. The highest BCUT2D eigenvalue weighted by atomic mass is 15.3. The third kappa shape index (κ3) is 3.96. The zero-order valence-corrected chi connectivity index (χ0v) is 16.6. The van der Waals surface area contributed by atoms with Gasteiger partial charge in [0.2, 0.25) is 0 Å². The average molecular weight is 351 g/mol. The molecule has 0 saturated carbocycles. The third-order valence-corrected chi connectivity index (χ3v) is 4.99. The molecule has 1 unspecified atom stereocenters. The van der Waals surface area contributed by atoms with Crippen LogP contribution in [0, 0.1) is 12.8 Å². The van der Waals surface area contributed by atoms with Gasteiger partial charge < -0.3 is 5.32 Å². The topological polar surface area (TPSA) is 42.7 Å². The zero-order chi connectivity index (χ0) is 18.7. The van der Waals surface area contributed by atoms with Gasteiger partial charge >= 0.3 is 0 Å². The molecule has 2 heterocycles. The summed E-state index contributed by atoms with van der Waals surface area (Å²) in [6.07, 6.45) is 4.29. The van der Waals surface area contributed by atoms with Gasteiger partial charge in [-0.1, -0.05) is 51.5 Å². The Kier molecular flexibility index (Phi) is 5.72. The van der Waals surface area contributed by atoms with Gasteiger partial charge in [0.05, 0.1) is 5.69 Å². The van der Waals surface area contributed by atoms with E-state index in [4.69, 9.17) is 0 Å². The van der Waals surface area contributed by atoms with Crippen molar-refractivity contribution < 1.29 is 0 Å². The first-order valence-electron chi connectivity index (χ1n) is 9.60. The lowest BCUT2D eigenvalue weighted by Gasteiger charge is -2.23. The van der Waals surface area contributed by atoms with E-state index in [-0.39, 0.29) is 0 Å². The van der Waals surface area contributed by atoms with E-state index in [1.807, 2.05) is 24.9 Å². The van der Waals surface area contributed by atoms with Crippen LogP contribution in [0.2, 0.25) is 0 Å². The Morgan fingerprint density at radius 3 is 2.50 bits per heavy atom. The van der Waals surface area contributed by atoms with Crippen molar-refractivity contribution in [3.05, 3.63) is 58.9 Å². The molecule has 2 aromatic heterocycles. The lowest BCUT2D eigenvalue weighted by Crippen LogP contribution is -2.25. The van der Waals surface area contributed by atoms with E-state index < -0.39 is 0 Å². The monoisotopic (exact) mass is 350 g/mol. The van der Waals surface area contributed by atoms with Gasteiger partial charge in [0.15, 0.2) is 5.65 Å². The molecular weight excluding hydrogens is 320 g/mol. The van der Waals surface area contributed by atoms with Gasteiger partial charge in [-0.3, -0.25) is 4.68 Å². The van der Waals surface area contributed by atoms with Crippen LogP contribution in [-0.4, -0.2) is 14.8 Å². The molecule has 0 amide bonds. The predicted molar refractivity (Wildman–Crippen MR) is 108 cm³/mol. The maximum absolute atomic E-state index is 4.59. The molecule has 0 radical (unpaired) electrons. The van der Waals surface area contributed by atoms with Crippen molar-refractivity contribution in [2.75, 3.05) is 0 Å². The van der Waals surface area contributed by atoms with E-state index in [9.17, 15) is 0 Å². The molecule has 4 nitrogen and oxygen atoms in total. The second-order valence-electron chi connectivity index (χ2n) is 7.52. The Balaban J connectivity index is 1.75. The van der Waals surface area contributed by atoms with Crippen LogP contribution in [0.15, 0.2) is 36.5 Å². The molecule has 1 atom stereocenters. The molecular formula is C22H30N4. The van der Waals surface area contributed by atoms with Crippen LogP contribution in [0.25, 0.3) is 11.0 Å². The van der Waals surface area contributed by atoms with Gasteiger partial charge in [-0.25, -0.2) is 4.98 Å². The van der Waals surface area contributed by atoms with Crippen molar-refractivity contribution in [2.24, 2.45) is 13.0 Å². The number of fused-ring (bicyclic) bond motifs is 1. The Morgan fingerprint density at radius 2 is 1.85 bits per heavy atom. The molecule has 26 heavy (non-hydrogen) atoms. The number of aryl methyl sites for hydroxylation is 3. The van der Waals surface area contributed by atoms with Crippen molar-refractivity contribution in [2.45, 2.75) is 53.1 Å². The van der Waals surface area contributed by atoms with Crippen LogP contribution in [-0.2, 0) is 20.0 Å². The standard InChI is InChI=1S/C22H30N4/c1-6-7-17-8-10-19(11-9-17)21(15(2)3)23-13-18-12-20-16(4)25-26(5)22(20)24-14-18/h8-12,14-15,21,23H,6-7,13H2,1-5H3. The second kappa shape index (κ2) is 8.00. The number of hydrogen-bond acceptors (Lipinski definition) is 3. The van der Waals surface area contributed by atoms with Gasteiger partial charge in [-0.05, 0) is 42.0 Å². The molecule has 0 aliphatic heterocycles. The van der Waals surface area contributed by atoms with Crippen LogP contribution >= 0.6 is 0 Å². The fourth-order valence-electron chi connectivity index (χ4n) is 3.59. The Morgan fingerprint density at radius 1 is 1.12 bits per heavy atom. The van der Waals surface area contributed by atoms with E-state index in [0.29, 0.717) is 12.0 Å². The summed E-state index contributed by atoms with van der Waals surface area (Å²) in [5, 5.41) is 9.32. The minimum atomic E-state index is 0.330. The summed E-state index contributed by atoms with van der Waals surface area (Å²) in [4.78, 5) is 4.59. The molecule has 3 aromatic rings. The first-order valence-corrected chi connectivity index (χ1v) is 9.60. The number of aromatic nitrogens is 3. The number of rotatable bonds is 7. The van der Waals surface area contributed by atoms with Crippen molar-refractivity contribution in [1.82, 2.24) is 20.1 Å². The van der Waals surface area contributed by atoms with Crippen molar-refractivity contribution in [1.29, 1.82) is 0 Å². The van der Waals surface area contributed by atoms with Crippen molar-refractivity contribution in [3.63, 3.8) is 0 Å². The minimum absolute atomic E-state index is 0.330.